The van der Waals surface area contributed by atoms with E-state index < -0.39 is 17.2 Å². The van der Waals surface area contributed by atoms with Gasteiger partial charge in [-0.25, -0.2) is 9.37 Å². The van der Waals surface area contributed by atoms with Crippen molar-refractivity contribution in [3.63, 3.8) is 0 Å². The van der Waals surface area contributed by atoms with Crippen LogP contribution in [0.15, 0.2) is 18.2 Å². The Balaban J connectivity index is 2.05. The molecule has 0 spiro atoms. The van der Waals surface area contributed by atoms with Crippen LogP contribution in [0.25, 0.3) is 11.4 Å². The van der Waals surface area contributed by atoms with Crippen LogP contribution in [0.5, 0.6) is 0 Å². The molecule has 8 heteroatoms. The van der Waals surface area contributed by atoms with E-state index in [2.05, 4.69) is 15.6 Å². The van der Waals surface area contributed by atoms with Gasteiger partial charge in [-0.3, -0.25) is 9.59 Å². The highest BCUT2D eigenvalue weighted by Gasteiger charge is 2.35. The number of carbonyl (C=O) groups is 2. The van der Waals surface area contributed by atoms with Crippen LogP contribution in [0, 0.1) is 17.2 Å². The van der Waals surface area contributed by atoms with E-state index in [1.165, 1.54) is 6.07 Å². The molecule has 0 fully saturated rings. The van der Waals surface area contributed by atoms with E-state index in [1.807, 2.05) is 25.3 Å². The number of amides is 1. The minimum atomic E-state index is -0.498. The molecule has 30 heavy (non-hydrogen) atoms. The first kappa shape index (κ1) is 22.4. The standard InChI is InChI=1S/C22H28ClFN4O2/c1-22(2,3)15(21(30)25-4)11-18(29)19-17-12-26-8-5-9-28(17)20(27-19)14-7-6-13(23)10-16(14)24/h6-7,10,15,26H,5,8-9,11-12H2,1-4H3,(H,25,30)/t15-/m1/s1. The second-order valence-corrected chi connectivity index (χ2v) is 9.13. The molecule has 2 N–H and O–H groups in total. The molecule has 0 saturated heterocycles. The normalized spacial score (nSPS) is 15.3. The van der Waals surface area contributed by atoms with Gasteiger partial charge in [-0.05, 0) is 36.6 Å². The van der Waals surface area contributed by atoms with E-state index in [9.17, 15) is 14.0 Å². The summed E-state index contributed by atoms with van der Waals surface area (Å²) in [6, 6.07) is 4.44. The molecule has 2 heterocycles. The summed E-state index contributed by atoms with van der Waals surface area (Å²) >= 11 is 5.90. The number of rotatable bonds is 5. The van der Waals surface area contributed by atoms with Crippen molar-refractivity contribution in [1.29, 1.82) is 0 Å². The maximum Gasteiger partial charge on any atom is 0.223 e. The topological polar surface area (TPSA) is 76.0 Å². The van der Waals surface area contributed by atoms with E-state index in [-0.39, 0.29) is 18.1 Å². The second kappa shape index (κ2) is 8.86. The summed E-state index contributed by atoms with van der Waals surface area (Å²) in [6.07, 6.45) is 0.873. The first-order chi connectivity index (χ1) is 14.1. The average molecular weight is 435 g/mol. The molecule has 0 saturated carbocycles. The summed E-state index contributed by atoms with van der Waals surface area (Å²) in [4.78, 5) is 30.3. The lowest BCUT2D eigenvalue weighted by Gasteiger charge is -2.28. The van der Waals surface area contributed by atoms with Crippen LogP contribution in [-0.2, 0) is 17.9 Å². The van der Waals surface area contributed by atoms with Crippen molar-refractivity contribution in [2.75, 3.05) is 13.6 Å². The Morgan fingerprint density at radius 1 is 1.37 bits per heavy atom. The summed E-state index contributed by atoms with van der Waals surface area (Å²) in [5.41, 5.74) is 0.939. The summed E-state index contributed by atoms with van der Waals surface area (Å²) < 4.78 is 16.6. The van der Waals surface area contributed by atoms with Crippen LogP contribution in [0.4, 0.5) is 4.39 Å². The third-order valence-corrected chi connectivity index (χ3v) is 5.77. The number of imidazole rings is 1. The Morgan fingerprint density at radius 3 is 2.73 bits per heavy atom. The Morgan fingerprint density at radius 2 is 2.10 bits per heavy atom. The van der Waals surface area contributed by atoms with Crippen LogP contribution < -0.4 is 10.6 Å². The smallest absolute Gasteiger partial charge is 0.223 e. The maximum absolute atomic E-state index is 14.6. The predicted molar refractivity (Wildman–Crippen MR) is 115 cm³/mol. The molecule has 1 atom stereocenters. The molecule has 162 valence electrons. The molecule has 3 rings (SSSR count). The lowest BCUT2D eigenvalue weighted by molar-refractivity contribution is -0.127. The van der Waals surface area contributed by atoms with Crippen LogP contribution in [0.2, 0.25) is 5.02 Å². The molecule has 6 nitrogen and oxygen atoms in total. The van der Waals surface area contributed by atoms with Crippen LogP contribution in [-0.4, -0.2) is 34.8 Å². The van der Waals surface area contributed by atoms with E-state index in [0.29, 0.717) is 35.2 Å². The van der Waals surface area contributed by atoms with Crippen molar-refractivity contribution in [2.45, 2.75) is 46.7 Å². The fourth-order valence-electron chi connectivity index (χ4n) is 3.82. The second-order valence-electron chi connectivity index (χ2n) is 8.70. The van der Waals surface area contributed by atoms with Gasteiger partial charge in [0.05, 0.1) is 17.2 Å². The van der Waals surface area contributed by atoms with Gasteiger partial charge in [0, 0.05) is 31.6 Å². The fourth-order valence-corrected chi connectivity index (χ4v) is 3.98. The average Bonchev–Trinajstić information content (AvgIpc) is 2.85. The predicted octanol–water partition coefficient (Wildman–Crippen LogP) is 3.82. The SMILES string of the molecule is CNC(=O)[C@@H](CC(=O)c1nc(-c2ccc(Cl)cc2F)n2c1CNCCC2)C(C)(C)C. The number of benzene rings is 1. The molecular weight excluding hydrogens is 407 g/mol. The molecule has 1 aliphatic heterocycles. The first-order valence-electron chi connectivity index (χ1n) is 10.1. The van der Waals surface area contributed by atoms with Gasteiger partial charge in [0.25, 0.3) is 0 Å². The maximum atomic E-state index is 14.6. The highest BCUT2D eigenvalue weighted by atomic mass is 35.5. The lowest BCUT2D eigenvalue weighted by Crippen LogP contribution is -2.37. The van der Waals surface area contributed by atoms with Crippen LogP contribution in [0.1, 0.15) is 49.8 Å². The molecular formula is C22H28ClFN4O2. The van der Waals surface area contributed by atoms with E-state index in [4.69, 9.17) is 11.6 Å². The molecule has 1 amide bonds. The number of Topliss-reactive ketones (excluding diaryl/α,β-unsaturated/α-hetero) is 1. The molecule has 0 radical (unpaired) electrons. The number of nitrogens with zero attached hydrogens (tertiary/aromatic N) is 2. The minimum absolute atomic E-state index is 0.0374. The summed E-state index contributed by atoms with van der Waals surface area (Å²) in [5.74, 6) is -0.959. The Hall–Kier alpha value is -2.25. The van der Waals surface area contributed by atoms with Crippen LogP contribution >= 0.6 is 11.6 Å². The number of hydrogen-bond acceptors (Lipinski definition) is 4. The van der Waals surface area contributed by atoms with Crippen molar-refractivity contribution in [3.05, 3.63) is 40.4 Å². The minimum Gasteiger partial charge on any atom is -0.359 e. The van der Waals surface area contributed by atoms with Gasteiger partial charge in [-0.2, -0.15) is 0 Å². The van der Waals surface area contributed by atoms with Gasteiger partial charge in [-0.1, -0.05) is 32.4 Å². The fraction of sp³-hybridized carbons (Fsp3) is 0.500. The van der Waals surface area contributed by atoms with Crippen molar-refractivity contribution in [2.24, 2.45) is 11.3 Å². The number of halogens is 2. The van der Waals surface area contributed by atoms with E-state index in [1.54, 1.807) is 19.2 Å². The molecule has 0 bridgehead atoms. The van der Waals surface area contributed by atoms with Gasteiger partial charge in [0.2, 0.25) is 5.91 Å². The van der Waals surface area contributed by atoms with Gasteiger partial charge >= 0.3 is 0 Å². The third kappa shape index (κ3) is 4.57. The molecule has 0 unspecified atom stereocenters. The Labute approximate surface area is 181 Å². The molecule has 1 aromatic carbocycles. The molecule has 1 aliphatic rings. The van der Waals surface area contributed by atoms with Gasteiger partial charge < -0.3 is 15.2 Å². The van der Waals surface area contributed by atoms with Crippen molar-refractivity contribution in [1.82, 2.24) is 20.2 Å². The van der Waals surface area contributed by atoms with Gasteiger partial charge in [0.1, 0.15) is 17.3 Å². The Bertz CT molecular complexity index is 965. The van der Waals surface area contributed by atoms with Crippen molar-refractivity contribution in [3.8, 4) is 11.4 Å². The number of carbonyl (C=O) groups excluding carboxylic acids is 2. The number of nitrogens with one attached hydrogen (secondary N) is 2. The third-order valence-electron chi connectivity index (χ3n) is 5.53. The van der Waals surface area contributed by atoms with Gasteiger partial charge in [0.15, 0.2) is 5.78 Å². The zero-order valence-corrected chi connectivity index (χ0v) is 18.6. The number of aromatic nitrogens is 2. The molecule has 1 aromatic heterocycles. The van der Waals surface area contributed by atoms with E-state index >= 15 is 0 Å². The van der Waals surface area contributed by atoms with Crippen molar-refractivity contribution >= 4 is 23.3 Å². The summed E-state index contributed by atoms with van der Waals surface area (Å²) in [6.45, 7) is 7.68. The number of ketones is 1. The quantitative estimate of drug-likeness (QED) is 0.701. The molecule has 2 aromatic rings. The number of fused-ring (bicyclic) bond motifs is 1. The highest BCUT2D eigenvalue weighted by Crippen LogP contribution is 2.33. The summed E-state index contributed by atoms with van der Waals surface area (Å²) in [5, 5.41) is 6.25. The lowest BCUT2D eigenvalue weighted by atomic mass is 9.77. The molecule has 0 aliphatic carbocycles. The highest BCUT2D eigenvalue weighted by molar-refractivity contribution is 6.30. The van der Waals surface area contributed by atoms with Crippen LogP contribution in [0.3, 0.4) is 0 Å². The van der Waals surface area contributed by atoms with Crippen molar-refractivity contribution < 1.29 is 14.0 Å². The van der Waals surface area contributed by atoms with Gasteiger partial charge in [-0.15, -0.1) is 0 Å². The summed E-state index contributed by atoms with van der Waals surface area (Å²) in [7, 11) is 1.57. The zero-order valence-electron chi connectivity index (χ0n) is 17.8. The monoisotopic (exact) mass is 434 g/mol. The Kier molecular flexibility index (Phi) is 6.62. The number of hydrogen-bond donors (Lipinski definition) is 2. The zero-order chi connectivity index (χ0) is 22.1. The first-order valence-corrected chi connectivity index (χ1v) is 10.5. The van der Waals surface area contributed by atoms with E-state index in [0.717, 1.165) is 18.7 Å². The largest absolute Gasteiger partial charge is 0.359 e.